The van der Waals surface area contributed by atoms with Gasteiger partial charge in [0.1, 0.15) is 0 Å². The number of hydrogen-bond donors (Lipinski definition) is 2. The highest BCUT2D eigenvalue weighted by Crippen LogP contribution is 2.13. The van der Waals surface area contributed by atoms with Crippen LogP contribution in [0.3, 0.4) is 0 Å². The van der Waals surface area contributed by atoms with E-state index in [1.54, 1.807) is 0 Å². The fraction of sp³-hybridized carbons (Fsp3) is 0.500. The Morgan fingerprint density at radius 1 is 1.31 bits per heavy atom. The van der Waals surface area contributed by atoms with Crippen LogP contribution in [0, 0.1) is 0 Å². The minimum atomic E-state index is -5.05. The maximum Gasteiger partial charge on any atom is 0.529 e. The molecule has 2 N–H and O–H groups in total. The number of carbonyl (C=O) groups excluding carboxylic acids is 2. The number of hydrazine groups is 1. The summed E-state index contributed by atoms with van der Waals surface area (Å²) in [7, 11) is 0.940. The third-order valence-corrected chi connectivity index (χ3v) is 0.723. The smallest absolute Gasteiger partial charge is 0.436 e. The molecule has 13 heavy (non-hydrogen) atoms. The van der Waals surface area contributed by atoms with Crippen LogP contribution in [-0.4, -0.2) is 25.3 Å². The quantitative estimate of drug-likeness (QED) is 0.481. The second-order valence-electron chi connectivity index (χ2n) is 1.61. The van der Waals surface area contributed by atoms with Crippen molar-refractivity contribution < 1.29 is 32.3 Å². The SMILES string of the molecule is COC(=O)ONNC(=O)C(F)(F)F. The lowest BCUT2D eigenvalue weighted by atomic mass is 10.6. The van der Waals surface area contributed by atoms with Crippen LogP contribution >= 0.6 is 0 Å². The average Bonchev–Trinajstić information content (AvgIpc) is 2.02. The van der Waals surface area contributed by atoms with Crippen molar-refractivity contribution in [2.45, 2.75) is 6.18 Å². The minimum Gasteiger partial charge on any atom is -0.436 e. The van der Waals surface area contributed by atoms with Gasteiger partial charge in [0.25, 0.3) is 0 Å². The monoisotopic (exact) mass is 202 g/mol. The molecular weight excluding hydrogens is 197 g/mol. The van der Waals surface area contributed by atoms with E-state index in [0.717, 1.165) is 12.5 Å². The largest absolute Gasteiger partial charge is 0.529 e. The van der Waals surface area contributed by atoms with Gasteiger partial charge in [0, 0.05) is 0 Å². The highest BCUT2D eigenvalue weighted by Gasteiger charge is 2.38. The van der Waals surface area contributed by atoms with Crippen LogP contribution in [0.1, 0.15) is 0 Å². The second-order valence-corrected chi connectivity index (χ2v) is 1.61. The van der Waals surface area contributed by atoms with Gasteiger partial charge < -0.3 is 9.57 Å². The van der Waals surface area contributed by atoms with Crippen molar-refractivity contribution in [3.05, 3.63) is 0 Å². The molecule has 0 fully saturated rings. The van der Waals surface area contributed by atoms with E-state index in [-0.39, 0.29) is 0 Å². The summed E-state index contributed by atoms with van der Waals surface area (Å²) in [5.74, 6) is -2.29. The van der Waals surface area contributed by atoms with Crippen molar-refractivity contribution in [3.63, 3.8) is 0 Å². The number of methoxy groups -OCH3 is 1. The van der Waals surface area contributed by atoms with E-state index >= 15 is 0 Å². The van der Waals surface area contributed by atoms with Gasteiger partial charge in [-0.15, -0.1) is 0 Å². The predicted molar refractivity (Wildman–Crippen MR) is 30.8 cm³/mol. The minimum absolute atomic E-state index is 0.940. The Morgan fingerprint density at radius 3 is 2.23 bits per heavy atom. The molecule has 9 heteroatoms. The lowest BCUT2D eigenvalue weighted by Crippen LogP contribution is -2.45. The van der Waals surface area contributed by atoms with Gasteiger partial charge in [0.15, 0.2) is 0 Å². The fourth-order valence-electron chi connectivity index (χ4n) is 0.226. The Morgan fingerprint density at radius 2 is 1.85 bits per heavy atom. The van der Waals surface area contributed by atoms with Crippen LogP contribution in [0.2, 0.25) is 0 Å². The van der Waals surface area contributed by atoms with E-state index in [9.17, 15) is 22.8 Å². The van der Waals surface area contributed by atoms with Gasteiger partial charge >= 0.3 is 18.2 Å². The number of amides is 1. The number of rotatable bonds is 2. The molecule has 0 spiro atoms. The van der Waals surface area contributed by atoms with Crippen molar-refractivity contribution in [3.8, 4) is 0 Å². The Labute approximate surface area is 69.9 Å². The van der Waals surface area contributed by atoms with Crippen LogP contribution in [0.4, 0.5) is 18.0 Å². The zero-order valence-electron chi connectivity index (χ0n) is 6.27. The molecule has 0 bridgehead atoms. The Hall–Kier alpha value is -1.51. The molecule has 0 aromatic rings. The van der Waals surface area contributed by atoms with Crippen LogP contribution in [0.5, 0.6) is 0 Å². The Bertz CT molecular complexity index is 204. The van der Waals surface area contributed by atoms with Gasteiger partial charge in [-0.3, -0.25) is 10.2 Å². The third kappa shape index (κ3) is 4.85. The van der Waals surface area contributed by atoms with Crippen molar-refractivity contribution in [2.75, 3.05) is 7.11 Å². The van der Waals surface area contributed by atoms with Gasteiger partial charge in [0.2, 0.25) is 0 Å². The number of carbonyl (C=O) groups is 2. The molecule has 0 aliphatic heterocycles. The molecule has 0 aliphatic carbocycles. The summed E-state index contributed by atoms with van der Waals surface area (Å²) in [5.41, 5.74) is 2.30. The summed E-state index contributed by atoms with van der Waals surface area (Å²) >= 11 is 0. The molecule has 0 rings (SSSR count). The molecule has 0 radical (unpaired) electrons. The van der Waals surface area contributed by atoms with E-state index in [1.807, 2.05) is 0 Å². The highest BCUT2D eigenvalue weighted by molar-refractivity contribution is 5.81. The standard InChI is InChI=1S/C4H5F3N2O4/c1-12-3(11)13-9-8-2(10)4(5,6)7/h9H,1H3,(H,8,10). The molecule has 0 heterocycles. The number of nitrogens with one attached hydrogen (secondary N) is 2. The summed E-state index contributed by atoms with van der Waals surface area (Å²) in [4.78, 5) is 23.8. The molecule has 76 valence electrons. The van der Waals surface area contributed by atoms with E-state index in [0.29, 0.717) is 0 Å². The van der Waals surface area contributed by atoms with Crippen LogP contribution in [0.15, 0.2) is 0 Å². The first kappa shape index (κ1) is 11.5. The van der Waals surface area contributed by atoms with Crippen LogP contribution < -0.4 is 11.0 Å². The Balaban J connectivity index is 3.67. The van der Waals surface area contributed by atoms with Gasteiger partial charge in [-0.1, -0.05) is 5.59 Å². The van der Waals surface area contributed by atoms with Gasteiger partial charge in [0.05, 0.1) is 7.11 Å². The first-order valence-electron chi connectivity index (χ1n) is 2.75. The Kier molecular flexibility index (Phi) is 3.98. The number of hydrogen-bond acceptors (Lipinski definition) is 5. The van der Waals surface area contributed by atoms with E-state index < -0.39 is 18.2 Å². The first-order chi connectivity index (χ1) is 5.88. The molecule has 1 amide bonds. The van der Waals surface area contributed by atoms with E-state index in [4.69, 9.17) is 0 Å². The fourth-order valence-corrected chi connectivity index (χ4v) is 0.226. The maximum absolute atomic E-state index is 11.4. The molecular formula is C4H5F3N2O4. The zero-order chi connectivity index (χ0) is 10.5. The summed E-state index contributed by atoms with van der Waals surface area (Å²) < 4.78 is 38.2. The van der Waals surface area contributed by atoms with Crippen LogP contribution in [0.25, 0.3) is 0 Å². The second kappa shape index (κ2) is 4.50. The molecule has 0 atom stereocenters. The summed E-state index contributed by atoms with van der Waals surface area (Å²) in [5, 5.41) is 0. The highest BCUT2D eigenvalue weighted by atomic mass is 19.4. The molecule has 6 nitrogen and oxygen atoms in total. The third-order valence-electron chi connectivity index (χ3n) is 0.723. The molecule has 0 saturated carbocycles. The van der Waals surface area contributed by atoms with E-state index in [2.05, 4.69) is 9.57 Å². The number of ether oxygens (including phenoxy) is 1. The normalized spacial score (nSPS) is 10.5. The first-order valence-corrected chi connectivity index (χ1v) is 2.75. The summed E-state index contributed by atoms with van der Waals surface area (Å²) in [6.45, 7) is 0. The predicted octanol–water partition coefficient (Wildman–Crippen LogP) is -0.133. The molecule has 0 aromatic heterocycles. The van der Waals surface area contributed by atoms with Crippen molar-refractivity contribution in [2.24, 2.45) is 0 Å². The lowest BCUT2D eigenvalue weighted by Gasteiger charge is -2.07. The van der Waals surface area contributed by atoms with Gasteiger partial charge in [-0.25, -0.2) is 4.79 Å². The number of halogens is 3. The molecule has 0 saturated heterocycles. The van der Waals surface area contributed by atoms with Crippen molar-refractivity contribution in [1.29, 1.82) is 0 Å². The van der Waals surface area contributed by atoms with Crippen molar-refractivity contribution >= 4 is 12.1 Å². The molecule has 0 aromatic carbocycles. The van der Waals surface area contributed by atoms with Crippen molar-refractivity contribution in [1.82, 2.24) is 11.0 Å². The van der Waals surface area contributed by atoms with Gasteiger partial charge in [-0.2, -0.15) is 13.2 Å². The lowest BCUT2D eigenvalue weighted by molar-refractivity contribution is -0.178. The molecule has 0 aliphatic rings. The maximum atomic E-state index is 11.4. The number of alkyl halides is 3. The van der Waals surface area contributed by atoms with E-state index in [1.165, 1.54) is 5.59 Å². The topological polar surface area (TPSA) is 76.7 Å². The van der Waals surface area contributed by atoms with Gasteiger partial charge in [-0.05, 0) is 0 Å². The average molecular weight is 202 g/mol. The molecule has 0 unspecified atom stereocenters. The summed E-state index contributed by atoms with van der Waals surface area (Å²) in [6.07, 6.45) is -6.34. The summed E-state index contributed by atoms with van der Waals surface area (Å²) in [6, 6.07) is 0. The zero-order valence-corrected chi connectivity index (χ0v) is 6.27. The van der Waals surface area contributed by atoms with Crippen LogP contribution in [-0.2, 0) is 14.4 Å².